The van der Waals surface area contributed by atoms with Gasteiger partial charge in [0.25, 0.3) is 0 Å². The third-order valence-electron chi connectivity index (χ3n) is 1.86. The van der Waals surface area contributed by atoms with Crippen molar-refractivity contribution in [2.24, 2.45) is 0 Å². The smallest absolute Gasteiger partial charge is 0.0654 e. The number of unbranched alkanes of at least 4 members (excludes halogenated alkanes) is 2. The lowest BCUT2D eigenvalue weighted by atomic mass is 10.1. The highest BCUT2D eigenvalue weighted by molar-refractivity contribution is 5.75. The summed E-state index contributed by atoms with van der Waals surface area (Å²) in [4.78, 5) is 0. The van der Waals surface area contributed by atoms with Crippen LogP contribution in [0.25, 0.3) is 0 Å². The minimum Gasteiger partial charge on any atom is -0.0654 e. The first kappa shape index (κ1) is 12.0. The molecule has 0 fully saturated rings. The van der Waals surface area contributed by atoms with Gasteiger partial charge in [-0.1, -0.05) is 44.0 Å². The van der Waals surface area contributed by atoms with E-state index in [0.29, 0.717) is 0 Å². The maximum absolute atomic E-state index is 3.02. The monoisotopic (exact) mass is 173 g/mol. The zero-order valence-electron chi connectivity index (χ0n) is 7.14. The summed E-state index contributed by atoms with van der Waals surface area (Å²) < 4.78 is 0. The molecule has 0 heterocycles. The van der Waals surface area contributed by atoms with Gasteiger partial charge in [-0.3, -0.25) is 0 Å². The molecule has 1 rings (SSSR count). The predicted octanol–water partition coefficient (Wildman–Crippen LogP) is 2.30. The van der Waals surface area contributed by atoms with E-state index in [1.807, 2.05) is 12.1 Å². The van der Waals surface area contributed by atoms with E-state index in [4.69, 9.17) is 0 Å². The third-order valence-corrected chi connectivity index (χ3v) is 1.86. The number of hydrogen-bond donors (Lipinski definition) is 0. The van der Waals surface area contributed by atoms with E-state index in [2.05, 4.69) is 25.1 Å². The van der Waals surface area contributed by atoms with Crippen LogP contribution in [0.3, 0.4) is 0 Å². The molecule has 1 heteroatoms. The second-order valence-corrected chi connectivity index (χ2v) is 2.87. The molecule has 0 aliphatic carbocycles. The fourth-order valence-electron chi connectivity index (χ4n) is 1.17. The first-order valence-corrected chi connectivity index (χ1v) is 4.38. The number of benzene rings is 1. The molecule has 1 aromatic rings. The summed E-state index contributed by atoms with van der Waals surface area (Å²) in [6, 6.07) is 11.3. The molecule has 63 valence electrons. The Balaban J connectivity index is 0.00000121. The van der Waals surface area contributed by atoms with Gasteiger partial charge >= 0.3 is 23.1 Å². The van der Waals surface area contributed by atoms with Crippen molar-refractivity contribution in [2.75, 3.05) is 0 Å². The van der Waals surface area contributed by atoms with Gasteiger partial charge in [0.1, 0.15) is 0 Å². The van der Waals surface area contributed by atoms with Crippen LogP contribution in [0.5, 0.6) is 0 Å². The van der Waals surface area contributed by atoms with Crippen LogP contribution in [0.4, 0.5) is 0 Å². The Morgan fingerprint density at radius 3 is 2.42 bits per heavy atom. The summed E-state index contributed by atoms with van der Waals surface area (Å²) >= 11 is 0. The fraction of sp³-hybridized carbons (Fsp3) is 0.455. The molecule has 0 aromatic heterocycles. The fourth-order valence-corrected chi connectivity index (χ4v) is 1.17. The number of rotatable bonds is 4. The average molecular weight is 174 g/mol. The van der Waals surface area contributed by atoms with Crippen molar-refractivity contribution in [1.82, 2.24) is 0 Å². The van der Waals surface area contributed by atoms with Gasteiger partial charge in [0, 0.05) is 0 Å². The highest BCUT2D eigenvalue weighted by Crippen LogP contribution is 2.04. The maximum atomic E-state index is 3.02. The molecule has 0 N–H and O–H groups in total. The van der Waals surface area contributed by atoms with E-state index in [9.17, 15) is 0 Å². The van der Waals surface area contributed by atoms with Gasteiger partial charge < -0.3 is 0 Å². The maximum Gasteiger partial charge on any atom is 0.316 e. The number of aryl methyl sites for hydroxylation is 1. The molecule has 0 bridgehead atoms. The molecular weight excluding hydrogens is 156 g/mol. The first-order valence-electron chi connectivity index (χ1n) is 4.38. The van der Waals surface area contributed by atoms with Crippen LogP contribution >= 0.6 is 0 Å². The van der Waals surface area contributed by atoms with Crippen LogP contribution in [-0.2, 0) is 6.42 Å². The van der Waals surface area contributed by atoms with Crippen LogP contribution in [0.2, 0.25) is 0 Å². The predicted molar refractivity (Wildman–Crippen MR) is 57.1 cm³/mol. The topological polar surface area (TPSA) is 0 Å². The summed E-state index contributed by atoms with van der Waals surface area (Å²) in [6.45, 7) is 2.23. The Morgan fingerprint density at radius 1 is 1.17 bits per heavy atom. The third kappa shape index (κ3) is 4.78. The molecule has 0 saturated carbocycles. The molecule has 0 nitrogen and oxygen atoms in total. The summed E-state index contributed by atoms with van der Waals surface area (Å²) in [5, 5.41) is 0. The largest absolute Gasteiger partial charge is 0.316 e. The lowest BCUT2D eigenvalue weighted by Gasteiger charge is -1.98. The average Bonchev–Trinajstić information content (AvgIpc) is 2.07. The Bertz CT molecular complexity index is 181. The zero-order chi connectivity index (χ0) is 7.94. The van der Waals surface area contributed by atoms with Crippen molar-refractivity contribution < 1.29 is 0 Å². The van der Waals surface area contributed by atoms with Gasteiger partial charge in [-0.2, -0.15) is 0 Å². The van der Waals surface area contributed by atoms with Crippen LogP contribution in [-0.4, -0.2) is 23.1 Å². The van der Waals surface area contributed by atoms with Gasteiger partial charge in [0.2, 0.25) is 0 Å². The first-order chi connectivity index (χ1) is 5.43. The number of hydrogen-bond acceptors (Lipinski definition) is 0. The molecule has 1 radical (unpaired) electrons. The van der Waals surface area contributed by atoms with E-state index in [1.165, 1.54) is 31.2 Å². The summed E-state index contributed by atoms with van der Waals surface area (Å²) in [7, 11) is 0. The zero-order valence-corrected chi connectivity index (χ0v) is 7.14. The SMILES string of the molecule is CCCCCc1cc[c]cc1.[MgH2]. The van der Waals surface area contributed by atoms with E-state index in [0.717, 1.165) is 0 Å². The lowest BCUT2D eigenvalue weighted by Crippen LogP contribution is -1.83. The van der Waals surface area contributed by atoms with Gasteiger partial charge in [-0.05, 0) is 24.5 Å². The van der Waals surface area contributed by atoms with Gasteiger partial charge in [-0.15, -0.1) is 0 Å². The normalized spacial score (nSPS) is 9.08. The molecule has 0 spiro atoms. The molecule has 12 heavy (non-hydrogen) atoms. The second-order valence-electron chi connectivity index (χ2n) is 2.87. The Labute approximate surface area is 91.5 Å². The molecule has 0 unspecified atom stereocenters. The second kappa shape index (κ2) is 7.63. The standard InChI is InChI=1S/C11H15.Mg.2H/c1-2-3-5-8-11-9-6-4-7-10-11;;;/h6-7,9-10H,2-3,5,8H2,1H3;;;. The van der Waals surface area contributed by atoms with Gasteiger partial charge in [0.05, 0.1) is 0 Å². The molecule has 0 saturated heterocycles. The molecular formula is C11H17Mg. The molecule has 1 aromatic carbocycles. The van der Waals surface area contributed by atoms with Crippen LogP contribution < -0.4 is 0 Å². The van der Waals surface area contributed by atoms with E-state index in [-0.39, 0.29) is 23.1 Å². The molecule has 0 amide bonds. The highest BCUT2D eigenvalue weighted by atomic mass is 24.3. The Hall–Kier alpha value is -0.0138. The molecule has 0 atom stereocenters. The van der Waals surface area contributed by atoms with Crippen molar-refractivity contribution in [1.29, 1.82) is 0 Å². The summed E-state index contributed by atoms with van der Waals surface area (Å²) in [5.41, 5.74) is 1.44. The van der Waals surface area contributed by atoms with E-state index in [1.54, 1.807) is 0 Å². The van der Waals surface area contributed by atoms with Crippen molar-refractivity contribution in [2.45, 2.75) is 32.6 Å². The Kier molecular flexibility index (Phi) is 7.62. The summed E-state index contributed by atoms with van der Waals surface area (Å²) in [6.07, 6.45) is 5.20. The molecule has 0 aliphatic rings. The van der Waals surface area contributed by atoms with Crippen molar-refractivity contribution in [3.8, 4) is 0 Å². The van der Waals surface area contributed by atoms with E-state index < -0.39 is 0 Å². The lowest BCUT2D eigenvalue weighted by molar-refractivity contribution is 0.717. The van der Waals surface area contributed by atoms with Gasteiger partial charge in [0.15, 0.2) is 0 Å². The van der Waals surface area contributed by atoms with Crippen molar-refractivity contribution in [3.63, 3.8) is 0 Å². The van der Waals surface area contributed by atoms with Crippen molar-refractivity contribution in [3.05, 3.63) is 35.9 Å². The van der Waals surface area contributed by atoms with Crippen LogP contribution in [0.15, 0.2) is 24.3 Å². The quantitative estimate of drug-likeness (QED) is 0.484. The minimum absolute atomic E-state index is 0. The Morgan fingerprint density at radius 2 is 1.83 bits per heavy atom. The molecule has 0 aliphatic heterocycles. The van der Waals surface area contributed by atoms with E-state index >= 15 is 0 Å². The highest BCUT2D eigenvalue weighted by Gasteiger charge is 1.89. The summed E-state index contributed by atoms with van der Waals surface area (Å²) in [5.74, 6) is 0. The minimum atomic E-state index is 0. The van der Waals surface area contributed by atoms with Crippen LogP contribution in [0, 0.1) is 6.07 Å². The van der Waals surface area contributed by atoms with Crippen LogP contribution in [0.1, 0.15) is 31.7 Å². The van der Waals surface area contributed by atoms with Gasteiger partial charge in [-0.25, -0.2) is 0 Å². The van der Waals surface area contributed by atoms with Crippen molar-refractivity contribution >= 4 is 23.1 Å².